The molecule has 0 unspecified atom stereocenters. The second-order valence-electron chi connectivity index (χ2n) is 5.68. The minimum absolute atomic E-state index is 0.0777. The van der Waals surface area contributed by atoms with Crippen molar-refractivity contribution < 1.29 is 13.2 Å². The van der Waals surface area contributed by atoms with E-state index in [1.54, 1.807) is 41.0 Å². The molecule has 0 amide bonds. The van der Waals surface area contributed by atoms with Gasteiger partial charge in [-0.15, -0.1) is 0 Å². The maximum atomic E-state index is 12.8. The van der Waals surface area contributed by atoms with Crippen LogP contribution in [0.4, 0.5) is 5.69 Å². The number of hydrogen-bond acceptors (Lipinski definition) is 5. The Morgan fingerprint density at radius 3 is 2.65 bits per heavy atom. The molecule has 3 aromatic rings. The van der Waals surface area contributed by atoms with Crippen molar-refractivity contribution in [3.8, 4) is 5.75 Å². The standard InChI is InChI=1S/C18H20N2O4S2/c1-3-11-20-15-10-9-13(12-17(15)25-18(20)21)26(22,23)19-14-7-5-6-8-16(14)24-4-2/h5-10,12,19H,3-4,11H2,1-2H3. The van der Waals surface area contributed by atoms with Gasteiger partial charge in [-0.2, -0.15) is 0 Å². The third-order valence-electron chi connectivity index (χ3n) is 3.83. The zero-order chi connectivity index (χ0) is 18.7. The predicted octanol–water partition coefficient (Wildman–Crippen LogP) is 3.67. The van der Waals surface area contributed by atoms with Crippen LogP contribution in [0.2, 0.25) is 0 Å². The monoisotopic (exact) mass is 392 g/mol. The quantitative estimate of drug-likeness (QED) is 0.665. The molecule has 1 heterocycles. The summed E-state index contributed by atoms with van der Waals surface area (Å²) < 4.78 is 35.9. The first-order valence-corrected chi connectivity index (χ1v) is 10.6. The number of para-hydroxylation sites is 2. The van der Waals surface area contributed by atoms with Crippen LogP contribution in [0.1, 0.15) is 20.3 Å². The van der Waals surface area contributed by atoms with Gasteiger partial charge in [0.05, 0.1) is 27.4 Å². The van der Waals surface area contributed by atoms with Crippen LogP contribution < -0.4 is 14.3 Å². The highest BCUT2D eigenvalue weighted by molar-refractivity contribution is 7.92. The van der Waals surface area contributed by atoms with E-state index in [1.165, 1.54) is 6.07 Å². The molecule has 0 aliphatic rings. The maximum Gasteiger partial charge on any atom is 0.308 e. The number of sulfonamides is 1. The van der Waals surface area contributed by atoms with Crippen LogP contribution in [0.25, 0.3) is 10.2 Å². The first kappa shape index (κ1) is 18.5. The number of fused-ring (bicyclic) bond motifs is 1. The summed E-state index contributed by atoms with van der Waals surface area (Å²) in [5, 5.41) is 0. The fourth-order valence-electron chi connectivity index (χ4n) is 2.69. The van der Waals surface area contributed by atoms with E-state index in [4.69, 9.17) is 4.74 Å². The van der Waals surface area contributed by atoms with E-state index in [2.05, 4.69) is 4.72 Å². The molecule has 1 N–H and O–H groups in total. The van der Waals surface area contributed by atoms with Crippen LogP contribution in [0, 0.1) is 0 Å². The molecule has 0 aliphatic heterocycles. The number of nitrogens with one attached hydrogen (secondary N) is 1. The maximum absolute atomic E-state index is 12.8. The summed E-state index contributed by atoms with van der Waals surface area (Å²) in [5.41, 5.74) is 1.14. The van der Waals surface area contributed by atoms with Crippen molar-refractivity contribution in [3.63, 3.8) is 0 Å². The number of rotatable bonds is 7. The summed E-state index contributed by atoms with van der Waals surface area (Å²) in [7, 11) is -3.80. The summed E-state index contributed by atoms with van der Waals surface area (Å²) in [4.78, 5) is 12.1. The molecule has 6 nitrogen and oxygen atoms in total. The molecule has 3 rings (SSSR count). The summed E-state index contributed by atoms with van der Waals surface area (Å²) in [6.45, 7) is 4.88. The van der Waals surface area contributed by atoms with E-state index in [9.17, 15) is 13.2 Å². The van der Waals surface area contributed by atoms with Gasteiger partial charge in [-0.1, -0.05) is 30.4 Å². The Hall–Kier alpha value is -2.32. The first-order chi connectivity index (χ1) is 12.5. The van der Waals surface area contributed by atoms with Gasteiger partial charge in [0.25, 0.3) is 10.0 Å². The van der Waals surface area contributed by atoms with Gasteiger partial charge in [0.2, 0.25) is 0 Å². The van der Waals surface area contributed by atoms with Gasteiger partial charge in [0.15, 0.2) is 0 Å². The Balaban J connectivity index is 1.99. The minimum Gasteiger partial charge on any atom is -0.492 e. The van der Waals surface area contributed by atoms with Crippen LogP contribution in [-0.2, 0) is 16.6 Å². The molecular formula is C18H20N2O4S2. The average Bonchev–Trinajstić information content (AvgIpc) is 2.92. The molecule has 26 heavy (non-hydrogen) atoms. The van der Waals surface area contributed by atoms with Crippen molar-refractivity contribution in [2.75, 3.05) is 11.3 Å². The van der Waals surface area contributed by atoms with Gasteiger partial charge >= 0.3 is 4.87 Å². The molecule has 0 aliphatic carbocycles. The Labute approximate surface area is 156 Å². The van der Waals surface area contributed by atoms with Crippen LogP contribution in [0.15, 0.2) is 52.2 Å². The number of thiazole rings is 1. The summed E-state index contributed by atoms with van der Waals surface area (Å²) >= 11 is 1.06. The van der Waals surface area contributed by atoms with Gasteiger partial charge < -0.3 is 4.74 Å². The second kappa shape index (κ2) is 7.51. The number of hydrogen-bond donors (Lipinski definition) is 1. The predicted molar refractivity (Wildman–Crippen MR) is 105 cm³/mol. The SMILES string of the molecule is CCCn1c(=O)sc2cc(S(=O)(=O)Nc3ccccc3OCC)ccc21. The Bertz CT molecular complexity index is 1080. The van der Waals surface area contributed by atoms with Crippen molar-refractivity contribution in [1.29, 1.82) is 0 Å². The Morgan fingerprint density at radius 2 is 1.92 bits per heavy atom. The van der Waals surface area contributed by atoms with E-state index < -0.39 is 10.0 Å². The van der Waals surface area contributed by atoms with E-state index in [0.717, 1.165) is 23.3 Å². The van der Waals surface area contributed by atoms with E-state index in [0.29, 0.717) is 29.3 Å². The number of benzene rings is 2. The van der Waals surface area contributed by atoms with Gasteiger partial charge in [-0.25, -0.2) is 8.42 Å². The lowest BCUT2D eigenvalue weighted by Gasteiger charge is -2.12. The molecule has 2 aromatic carbocycles. The van der Waals surface area contributed by atoms with Crippen molar-refractivity contribution in [3.05, 3.63) is 52.1 Å². The van der Waals surface area contributed by atoms with E-state index >= 15 is 0 Å². The molecule has 0 saturated carbocycles. The molecule has 138 valence electrons. The lowest BCUT2D eigenvalue weighted by atomic mass is 10.3. The van der Waals surface area contributed by atoms with Crippen LogP contribution in [0.5, 0.6) is 5.75 Å². The fourth-order valence-corrected chi connectivity index (χ4v) is 4.81. The topological polar surface area (TPSA) is 77.4 Å². The summed E-state index contributed by atoms with van der Waals surface area (Å²) in [6, 6.07) is 11.6. The molecule has 0 saturated heterocycles. The number of nitrogens with zero attached hydrogens (tertiary/aromatic N) is 1. The molecule has 0 radical (unpaired) electrons. The molecule has 1 aromatic heterocycles. The largest absolute Gasteiger partial charge is 0.492 e. The number of aromatic nitrogens is 1. The zero-order valence-electron chi connectivity index (χ0n) is 14.6. The highest BCUT2D eigenvalue weighted by atomic mass is 32.2. The van der Waals surface area contributed by atoms with E-state index in [-0.39, 0.29) is 9.77 Å². The highest BCUT2D eigenvalue weighted by Crippen LogP contribution is 2.28. The highest BCUT2D eigenvalue weighted by Gasteiger charge is 2.18. The molecule has 0 spiro atoms. The lowest BCUT2D eigenvalue weighted by Crippen LogP contribution is -2.14. The molecule has 0 atom stereocenters. The fraction of sp³-hybridized carbons (Fsp3) is 0.278. The summed E-state index contributed by atoms with van der Waals surface area (Å²) in [5.74, 6) is 0.471. The van der Waals surface area contributed by atoms with Crippen LogP contribution in [-0.4, -0.2) is 19.6 Å². The summed E-state index contributed by atoms with van der Waals surface area (Å²) in [6.07, 6.45) is 0.835. The number of anilines is 1. The van der Waals surface area contributed by atoms with Crippen LogP contribution >= 0.6 is 11.3 Å². The average molecular weight is 393 g/mol. The minimum atomic E-state index is -3.80. The van der Waals surface area contributed by atoms with Gasteiger partial charge in [0.1, 0.15) is 5.75 Å². The van der Waals surface area contributed by atoms with Crippen LogP contribution in [0.3, 0.4) is 0 Å². The number of ether oxygens (including phenoxy) is 1. The van der Waals surface area contributed by atoms with Crippen molar-refractivity contribution in [2.24, 2.45) is 0 Å². The first-order valence-electron chi connectivity index (χ1n) is 8.34. The normalized spacial score (nSPS) is 11.6. The lowest BCUT2D eigenvalue weighted by molar-refractivity contribution is 0.342. The van der Waals surface area contributed by atoms with Gasteiger partial charge in [0, 0.05) is 6.54 Å². The third-order valence-corrected chi connectivity index (χ3v) is 6.13. The van der Waals surface area contributed by atoms with E-state index in [1.807, 2.05) is 13.8 Å². The molecular weight excluding hydrogens is 372 g/mol. The number of aryl methyl sites for hydroxylation is 1. The van der Waals surface area contributed by atoms with Crippen molar-refractivity contribution in [1.82, 2.24) is 4.57 Å². The molecule has 0 fully saturated rings. The second-order valence-corrected chi connectivity index (χ2v) is 8.36. The van der Waals surface area contributed by atoms with Crippen molar-refractivity contribution >= 4 is 37.3 Å². The molecule has 0 bridgehead atoms. The molecule has 8 heteroatoms. The van der Waals surface area contributed by atoms with Gasteiger partial charge in [-0.05, 0) is 43.7 Å². The Kier molecular flexibility index (Phi) is 5.33. The smallest absolute Gasteiger partial charge is 0.308 e. The third kappa shape index (κ3) is 3.61. The van der Waals surface area contributed by atoms with Gasteiger partial charge in [-0.3, -0.25) is 14.1 Å². The Morgan fingerprint density at radius 1 is 1.15 bits per heavy atom. The van der Waals surface area contributed by atoms with Crippen molar-refractivity contribution in [2.45, 2.75) is 31.7 Å². The zero-order valence-corrected chi connectivity index (χ0v) is 16.2.